The highest BCUT2D eigenvalue weighted by Crippen LogP contribution is 2.50. The van der Waals surface area contributed by atoms with Gasteiger partial charge in [-0.15, -0.1) is 11.3 Å². The number of para-hydroxylation sites is 1. The molecule has 0 aliphatic heterocycles. The second-order valence-electron chi connectivity index (χ2n) is 31.2. The van der Waals surface area contributed by atoms with E-state index in [9.17, 15) is 0 Å². The van der Waals surface area contributed by atoms with Gasteiger partial charge in [-0.1, -0.05) is 413 Å². The first-order valence-electron chi connectivity index (χ1n) is 42.3. The average Bonchev–Trinajstić information content (AvgIpc) is 1.47. The standard InChI is InChI=1S/C60H41NO.C60H41NS/c2*1-3-18-42(19-4-1)48-22-7-11-26-52(48)54-28-13-9-24-50(54)44-34-38-46(39-35-44)61(57-31-17-33-59-60(57)56-30-15-16-32-58(56)62-59)47-40-36-45(37-41-47)51-25-10-14-29-55(51)53-27-12-8-23-49(53)43-20-5-2-6-21-43/h2*1-41H. The molecule has 2 heterocycles. The lowest BCUT2D eigenvalue weighted by molar-refractivity contribution is 0.669. The molecule has 2 aromatic heterocycles. The van der Waals surface area contributed by atoms with E-state index in [1.165, 1.54) is 143 Å². The van der Waals surface area contributed by atoms with Gasteiger partial charge in [0, 0.05) is 48.3 Å². The van der Waals surface area contributed by atoms with E-state index in [1.54, 1.807) is 0 Å². The van der Waals surface area contributed by atoms with Crippen molar-refractivity contribution in [1.29, 1.82) is 0 Å². The molecule has 0 N–H and O–H groups in total. The van der Waals surface area contributed by atoms with Gasteiger partial charge in [0.05, 0.1) is 16.8 Å². The van der Waals surface area contributed by atoms with Crippen LogP contribution in [0, 0.1) is 0 Å². The van der Waals surface area contributed by atoms with Crippen molar-refractivity contribution in [2.45, 2.75) is 0 Å². The summed E-state index contributed by atoms with van der Waals surface area (Å²) in [7, 11) is 0. The lowest BCUT2D eigenvalue weighted by atomic mass is 9.89. The molecule has 4 heteroatoms. The number of hydrogen-bond donors (Lipinski definition) is 0. The fourth-order valence-corrected chi connectivity index (χ4v) is 19.3. The minimum Gasteiger partial charge on any atom is -0.456 e. The molecule has 3 nitrogen and oxygen atoms in total. The Morgan fingerprint density at radius 2 is 0.363 bits per heavy atom. The van der Waals surface area contributed by atoms with Crippen LogP contribution in [0.25, 0.3) is 176 Å². The lowest BCUT2D eigenvalue weighted by Gasteiger charge is -2.27. The zero-order chi connectivity index (χ0) is 82.5. The summed E-state index contributed by atoms with van der Waals surface area (Å²) in [6.07, 6.45) is 0. The third-order valence-corrected chi connectivity index (χ3v) is 25.0. The maximum absolute atomic E-state index is 6.44. The summed E-state index contributed by atoms with van der Waals surface area (Å²) < 4.78 is 9.00. The van der Waals surface area contributed by atoms with Crippen molar-refractivity contribution in [1.82, 2.24) is 0 Å². The van der Waals surface area contributed by atoms with Crippen LogP contribution in [-0.2, 0) is 0 Å². The number of thiophene rings is 1. The van der Waals surface area contributed by atoms with Gasteiger partial charge in [0.2, 0.25) is 0 Å². The summed E-state index contributed by atoms with van der Waals surface area (Å²) >= 11 is 1.85. The van der Waals surface area contributed by atoms with Crippen LogP contribution in [0.3, 0.4) is 0 Å². The first-order chi connectivity index (χ1) is 61.6. The van der Waals surface area contributed by atoms with Gasteiger partial charge < -0.3 is 14.2 Å². The summed E-state index contributed by atoms with van der Waals surface area (Å²) in [5.41, 5.74) is 37.1. The van der Waals surface area contributed by atoms with Crippen molar-refractivity contribution in [3.8, 4) is 134 Å². The number of nitrogens with zero attached hydrogens (tertiary/aromatic N) is 2. The van der Waals surface area contributed by atoms with Crippen molar-refractivity contribution in [3.05, 3.63) is 497 Å². The summed E-state index contributed by atoms with van der Waals surface area (Å²) in [6, 6.07) is 179. The highest BCUT2D eigenvalue weighted by molar-refractivity contribution is 7.26. The molecule has 20 aromatic carbocycles. The maximum Gasteiger partial charge on any atom is 0.137 e. The number of anilines is 6. The van der Waals surface area contributed by atoms with Gasteiger partial charge in [0.25, 0.3) is 0 Å². The van der Waals surface area contributed by atoms with Crippen LogP contribution < -0.4 is 9.80 Å². The van der Waals surface area contributed by atoms with Crippen molar-refractivity contribution < 1.29 is 4.42 Å². The van der Waals surface area contributed by atoms with Gasteiger partial charge in [0.1, 0.15) is 11.2 Å². The molecule has 0 atom stereocenters. The Morgan fingerprint density at radius 1 is 0.145 bits per heavy atom. The highest BCUT2D eigenvalue weighted by atomic mass is 32.1. The topological polar surface area (TPSA) is 19.6 Å². The monoisotopic (exact) mass is 1600 g/mol. The average molecular weight is 1600 g/mol. The molecule has 0 amide bonds. The van der Waals surface area contributed by atoms with Crippen LogP contribution in [0.5, 0.6) is 0 Å². The first kappa shape index (κ1) is 75.5. The van der Waals surface area contributed by atoms with Gasteiger partial charge in [-0.05, 0) is 218 Å². The van der Waals surface area contributed by atoms with Crippen molar-refractivity contribution in [2.75, 3.05) is 9.80 Å². The zero-order valence-corrected chi connectivity index (χ0v) is 68.9. The van der Waals surface area contributed by atoms with E-state index < -0.39 is 0 Å². The Hall–Kier alpha value is -16.0. The second kappa shape index (κ2) is 34.0. The predicted octanol–water partition coefficient (Wildman–Crippen LogP) is 34.6. The molecule has 0 aliphatic carbocycles. The summed E-state index contributed by atoms with van der Waals surface area (Å²) in [5, 5.41) is 4.72. The number of fused-ring (bicyclic) bond motifs is 6. The number of benzene rings is 20. The normalized spacial score (nSPS) is 11.2. The molecule has 0 spiro atoms. The van der Waals surface area contributed by atoms with E-state index in [0.717, 1.165) is 67.2 Å². The van der Waals surface area contributed by atoms with Crippen LogP contribution in [0.1, 0.15) is 0 Å². The van der Waals surface area contributed by atoms with E-state index in [4.69, 9.17) is 4.42 Å². The Balaban J connectivity index is 0.000000152. The fourth-order valence-electron chi connectivity index (χ4n) is 18.1. The van der Waals surface area contributed by atoms with Crippen LogP contribution in [0.2, 0.25) is 0 Å². The summed E-state index contributed by atoms with van der Waals surface area (Å²) in [5.74, 6) is 0. The predicted molar refractivity (Wildman–Crippen MR) is 528 cm³/mol. The van der Waals surface area contributed by atoms with Crippen molar-refractivity contribution >= 4 is 87.6 Å². The van der Waals surface area contributed by atoms with E-state index in [-0.39, 0.29) is 0 Å². The van der Waals surface area contributed by atoms with E-state index in [1.807, 2.05) is 23.5 Å². The number of hydrogen-bond acceptors (Lipinski definition) is 4. The van der Waals surface area contributed by atoms with Crippen LogP contribution in [0.15, 0.2) is 502 Å². The third kappa shape index (κ3) is 14.7. The molecule has 0 saturated carbocycles. The van der Waals surface area contributed by atoms with Gasteiger partial charge in [-0.25, -0.2) is 0 Å². The molecule has 22 aromatic rings. The molecule has 0 radical (unpaired) electrons. The summed E-state index contributed by atoms with van der Waals surface area (Å²) in [4.78, 5) is 4.80. The molecule has 584 valence electrons. The van der Waals surface area contributed by atoms with Crippen molar-refractivity contribution in [3.63, 3.8) is 0 Å². The maximum atomic E-state index is 6.44. The van der Waals surface area contributed by atoms with E-state index in [2.05, 4.69) is 495 Å². The molecule has 124 heavy (non-hydrogen) atoms. The molecule has 0 fully saturated rings. The minimum atomic E-state index is 0.860. The molecule has 22 rings (SSSR count). The summed E-state index contributed by atoms with van der Waals surface area (Å²) in [6.45, 7) is 0. The molecular formula is C120H82N2OS. The van der Waals surface area contributed by atoms with Crippen LogP contribution in [0.4, 0.5) is 34.1 Å². The minimum absolute atomic E-state index is 0.860. The Labute approximate surface area is 727 Å². The van der Waals surface area contributed by atoms with Gasteiger partial charge >= 0.3 is 0 Å². The highest BCUT2D eigenvalue weighted by Gasteiger charge is 2.25. The van der Waals surface area contributed by atoms with Gasteiger partial charge in [0.15, 0.2) is 0 Å². The number of rotatable bonds is 18. The fraction of sp³-hybridized carbons (Fsp3) is 0. The smallest absolute Gasteiger partial charge is 0.137 e. The third-order valence-electron chi connectivity index (χ3n) is 23.9. The molecule has 0 saturated heterocycles. The van der Waals surface area contributed by atoms with Crippen molar-refractivity contribution in [2.24, 2.45) is 0 Å². The van der Waals surface area contributed by atoms with E-state index in [0.29, 0.717) is 0 Å². The molecular weight excluding hydrogens is 1520 g/mol. The molecule has 0 aliphatic rings. The zero-order valence-electron chi connectivity index (χ0n) is 68.1. The second-order valence-corrected chi connectivity index (χ2v) is 32.3. The first-order valence-corrected chi connectivity index (χ1v) is 43.2. The molecule has 0 bridgehead atoms. The largest absolute Gasteiger partial charge is 0.456 e. The van der Waals surface area contributed by atoms with Crippen LogP contribution in [-0.4, -0.2) is 0 Å². The Bertz CT molecular complexity index is 6770. The quantitative estimate of drug-likeness (QED) is 0.0854. The SMILES string of the molecule is c1ccc(-c2ccccc2-c2ccccc2-c2ccc(N(c3ccc(-c4ccccc4-c4ccccc4-c4ccccc4)cc3)c3cccc4oc5ccccc5c34)cc2)cc1.c1ccc(-c2ccccc2-c2ccccc2-c2ccc(N(c3ccc(-c4ccccc4-c4ccccc4-c4ccccc4)cc3)c3cccc4sc5ccccc5c34)cc2)cc1. The Kier molecular flexibility index (Phi) is 20.7. The lowest BCUT2D eigenvalue weighted by Crippen LogP contribution is -2.10. The van der Waals surface area contributed by atoms with E-state index >= 15 is 0 Å². The molecule has 0 unspecified atom stereocenters. The van der Waals surface area contributed by atoms with Gasteiger partial charge in [-0.2, -0.15) is 0 Å². The van der Waals surface area contributed by atoms with Crippen LogP contribution >= 0.6 is 11.3 Å². The number of furan rings is 1. The van der Waals surface area contributed by atoms with Gasteiger partial charge in [-0.3, -0.25) is 0 Å². The Morgan fingerprint density at radius 3 is 0.669 bits per heavy atom.